The Morgan fingerprint density at radius 1 is 1.09 bits per heavy atom. The van der Waals surface area contributed by atoms with E-state index in [0.29, 0.717) is 42.8 Å². The number of hydrogen-bond acceptors (Lipinski definition) is 9. The largest absolute Gasteiger partial charge is 0.497 e. The summed E-state index contributed by atoms with van der Waals surface area (Å²) in [6.45, 7) is 2.65. The number of sulfonamides is 1. The van der Waals surface area contributed by atoms with Gasteiger partial charge in [0, 0.05) is 48.5 Å². The number of pyridine rings is 1. The van der Waals surface area contributed by atoms with Crippen LogP contribution in [0.3, 0.4) is 0 Å². The van der Waals surface area contributed by atoms with Crippen LogP contribution >= 0.6 is 11.6 Å². The van der Waals surface area contributed by atoms with Gasteiger partial charge < -0.3 is 19.1 Å². The molecule has 0 bridgehead atoms. The van der Waals surface area contributed by atoms with E-state index in [0.717, 1.165) is 4.31 Å². The smallest absolute Gasteiger partial charge is 0.274 e. The summed E-state index contributed by atoms with van der Waals surface area (Å²) >= 11 is 6.54. The van der Waals surface area contributed by atoms with E-state index in [1.807, 2.05) is 6.92 Å². The van der Waals surface area contributed by atoms with Gasteiger partial charge in [0.15, 0.2) is 5.54 Å². The lowest BCUT2D eigenvalue weighted by molar-refractivity contribution is -0.139. The zero-order chi connectivity index (χ0) is 31.1. The molecule has 0 N–H and O–H groups in total. The van der Waals surface area contributed by atoms with Crippen LogP contribution in [-0.2, 0) is 25.2 Å². The first-order valence-corrected chi connectivity index (χ1v) is 15.5. The molecule has 0 spiro atoms. The minimum absolute atomic E-state index is 0.00193. The van der Waals surface area contributed by atoms with E-state index in [9.17, 15) is 13.2 Å². The van der Waals surface area contributed by atoms with Gasteiger partial charge in [-0.25, -0.2) is 17.7 Å². The van der Waals surface area contributed by atoms with Crippen molar-refractivity contribution >= 4 is 39.1 Å². The van der Waals surface area contributed by atoms with Crippen molar-refractivity contribution in [2.24, 2.45) is 0 Å². The van der Waals surface area contributed by atoms with Crippen molar-refractivity contribution < 1.29 is 32.2 Å². The first-order valence-electron chi connectivity index (χ1n) is 13.7. The molecule has 2 aliphatic rings. The Hall–Kier alpha value is -3.87. The lowest BCUT2D eigenvalue weighted by atomic mass is 9.81. The molecular formula is C30H33ClN4O7S. The molecule has 11 nitrogen and oxygen atoms in total. The molecule has 228 valence electrons. The van der Waals surface area contributed by atoms with Crippen molar-refractivity contribution in [3.05, 3.63) is 70.9 Å². The summed E-state index contributed by atoms with van der Waals surface area (Å²) in [5.41, 5.74) is -1.13. The van der Waals surface area contributed by atoms with Crippen molar-refractivity contribution in [3.8, 4) is 17.4 Å². The second-order valence-electron chi connectivity index (χ2n) is 10.2. The minimum Gasteiger partial charge on any atom is -0.497 e. The molecule has 3 heterocycles. The minimum atomic E-state index is -4.59. The number of fused-ring (bicyclic) bond motifs is 1. The first kappa shape index (κ1) is 30.6. The van der Waals surface area contributed by atoms with Crippen LogP contribution in [-0.4, -0.2) is 82.5 Å². The number of methoxy groups -OCH3 is 3. The number of nitrogens with zero attached hydrogens (tertiary/aromatic N) is 4. The molecule has 43 heavy (non-hydrogen) atoms. The van der Waals surface area contributed by atoms with E-state index in [4.69, 9.17) is 25.8 Å². The number of halogens is 1. The normalized spacial score (nSPS) is 20.2. The lowest BCUT2D eigenvalue weighted by Crippen LogP contribution is -2.59. The van der Waals surface area contributed by atoms with Gasteiger partial charge in [0.1, 0.15) is 16.4 Å². The van der Waals surface area contributed by atoms with Gasteiger partial charge >= 0.3 is 0 Å². The Balaban J connectivity index is 1.84. The van der Waals surface area contributed by atoms with Crippen molar-refractivity contribution in [3.63, 3.8) is 0 Å². The van der Waals surface area contributed by atoms with Gasteiger partial charge in [-0.05, 0) is 62.2 Å². The standard InChI is InChI=1S/C30H33ClN4O7S/c1-6-33(2)28(36)24-10-8-16-34(24)30(21-9-7-15-32-27(21)42-5)22-17-19(31)11-13-23(22)35(29(30)37)43(38,39)26-14-12-20(40-3)18-25(26)41-4/h7,9,11-15,17-18,24H,6,8,10,16H2,1-5H3/t24?,30-/m1/s1. The van der Waals surface area contributed by atoms with Crippen LogP contribution in [0, 0.1) is 0 Å². The predicted octanol–water partition coefficient (Wildman–Crippen LogP) is 3.68. The Morgan fingerprint density at radius 3 is 2.53 bits per heavy atom. The quantitative estimate of drug-likeness (QED) is 0.350. The Bertz CT molecular complexity index is 1680. The zero-order valence-corrected chi connectivity index (χ0v) is 26.1. The highest BCUT2D eigenvalue weighted by molar-refractivity contribution is 7.93. The van der Waals surface area contributed by atoms with Crippen molar-refractivity contribution in [2.45, 2.75) is 36.2 Å². The summed E-state index contributed by atoms with van der Waals surface area (Å²) in [5.74, 6) is -0.504. The zero-order valence-electron chi connectivity index (χ0n) is 24.5. The molecule has 2 atom stereocenters. The first-order chi connectivity index (χ1) is 20.6. The van der Waals surface area contributed by atoms with Gasteiger partial charge in [-0.1, -0.05) is 11.6 Å². The summed E-state index contributed by atoms with van der Waals surface area (Å²) in [6.07, 6.45) is 2.58. The third kappa shape index (κ3) is 4.68. The Morgan fingerprint density at radius 2 is 1.86 bits per heavy atom. The average Bonchev–Trinajstić information content (AvgIpc) is 3.60. The van der Waals surface area contributed by atoms with Crippen LogP contribution in [0.2, 0.25) is 5.02 Å². The van der Waals surface area contributed by atoms with E-state index >= 15 is 4.79 Å². The number of amides is 2. The van der Waals surface area contributed by atoms with E-state index in [1.54, 1.807) is 35.0 Å². The van der Waals surface area contributed by atoms with E-state index in [1.165, 1.54) is 57.9 Å². The predicted molar refractivity (Wildman–Crippen MR) is 160 cm³/mol. The van der Waals surface area contributed by atoms with Crippen molar-refractivity contribution in [1.82, 2.24) is 14.8 Å². The molecule has 0 aliphatic carbocycles. The molecule has 0 saturated carbocycles. The molecule has 1 unspecified atom stereocenters. The Labute approximate surface area is 256 Å². The maximum Gasteiger partial charge on any atom is 0.274 e. The highest BCUT2D eigenvalue weighted by atomic mass is 35.5. The molecule has 5 rings (SSSR count). The number of anilines is 1. The van der Waals surface area contributed by atoms with Crippen molar-refractivity contribution in [1.29, 1.82) is 0 Å². The maximum atomic E-state index is 15.2. The van der Waals surface area contributed by atoms with Gasteiger partial charge in [-0.15, -0.1) is 0 Å². The van der Waals surface area contributed by atoms with E-state index in [-0.39, 0.29) is 33.1 Å². The second kappa shape index (κ2) is 11.7. The van der Waals surface area contributed by atoms with Crippen LogP contribution in [0.5, 0.6) is 17.4 Å². The fourth-order valence-corrected chi connectivity index (χ4v) is 7.80. The fraction of sp³-hybridized carbons (Fsp3) is 0.367. The fourth-order valence-electron chi connectivity index (χ4n) is 6.03. The molecule has 1 fully saturated rings. The molecule has 2 amide bonds. The molecule has 1 saturated heterocycles. The van der Waals surface area contributed by atoms with Gasteiger partial charge in [0.2, 0.25) is 11.8 Å². The van der Waals surface area contributed by atoms with Crippen LogP contribution < -0.4 is 18.5 Å². The molecule has 3 aromatic rings. The molecule has 2 aliphatic heterocycles. The van der Waals surface area contributed by atoms with Crippen LogP contribution in [0.1, 0.15) is 30.9 Å². The topological polar surface area (TPSA) is 119 Å². The summed E-state index contributed by atoms with van der Waals surface area (Å²) < 4.78 is 46.2. The molecule has 2 aromatic carbocycles. The summed E-state index contributed by atoms with van der Waals surface area (Å²) in [4.78, 5) is 36.4. The van der Waals surface area contributed by atoms with Gasteiger partial charge in [0.25, 0.3) is 15.9 Å². The number of carbonyl (C=O) groups is 2. The highest BCUT2D eigenvalue weighted by Crippen LogP contribution is 2.55. The number of likely N-dealkylation sites (tertiary alicyclic amines) is 1. The molecular weight excluding hydrogens is 596 g/mol. The van der Waals surface area contributed by atoms with Gasteiger partial charge in [0.05, 0.1) is 33.1 Å². The lowest BCUT2D eigenvalue weighted by Gasteiger charge is -2.42. The van der Waals surface area contributed by atoms with Crippen LogP contribution in [0.25, 0.3) is 0 Å². The molecule has 13 heteroatoms. The van der Waals surface area contributed by atoms with Crippen LogP contribution in [0.15, 0.2) is 59.6 Å². The van der Waals surface area contributed by atoms with Crippen LogP contribution in [0.4, 0.5) is 5.69 Å². The highest BCUT2D eigenvalue weighted by Gasteiger charge is 2.63. The number of aromatic nitrogens is 1. The average molecular weight is 629 g/mol. The summed E-state index contributed by atoms with van der Waals surface area (Å²) in [6, 6.07) is 11.4. The number of carbonyl (C=O) groups excluding carboxylic acids is 2. The van der Waals surface area contributed by atoms with E-state index in [2.05, 4.69) is 4.98 Å². The summed E-state index contributed by atoms with van der Waals surface area (Å²) in [7, 11) is 1.32. The molecule has 1 aromatic heterocycles. The van der Waals surface area contributed by atoms with Crippen molar-refractivity contribution in [2.75, 3.05) is 45.8 Å². The van der Waals surface area contributed by atoms with Gasteiger partial charge in [-0.3, -0.25) is 14.5 Å². The third-order valence-corrected chi connectivity index (χ3v) is 10.1. The maximum absolute atomic E-state index is 15.2. The SMILES string of the molecule is CCN(C)C(=O)C1CCCN1[C@@]1(c2cccnc2OC)C(=O)N(S(=O)(=O)c2ccc(OC)cc2OC)c2ccc(Cl)cc21. The second-order valence-corrected chi connectivity index (χ2v) is 12.4. The van der Waals surface area contributed by atoms with E-state index < -0.39 is 27.5 Å². The number of benzene rings is 2. The monoisotopic (exact) mass is 628 g/mol. The number of rotatable bonds is 9. The summed E-state index contributed by atoms with van der Waals surface area (Å²) in [5, 5.41) is 0.285. The number of ether oxygens (including phenoxy) is 3. The Kier molecular flexibility index (Phi) is 8.30. The number of hydrogen-bond donors (Lipinski definition) is 0. The number of likely N-dealkylation sites (N-methyl/N-ethyl adjacent to an activating group) is 1. The third-order valence-electron chi connectivity index (χ3n) is 8.12. The van der Waals surface area contributed by atoms with Gasteiger partial charge in [-0.2, -0.15) is 0 Å². The molecule has 0 radical (unpaired) electrons.